The molecule has 0 spiro atoms. The molecule has 1 aliphatic heterocycles. The topological polar surface area (TPSA) is 43.4 Å². The molecule has 1 aliphatic rings. The number of benzene rings is 2. The monoisotopic (exact) mass is 338 g/mol. The first kappa shape index (κ1) is 15.0. The van der Waals surface area contributed by atoms with Crippen molar-refractivity contribution in [1.29, 1.82) is 0 Å². The summed E-state index contributed by atoms with van der Waals surface area (Å²) in [4.78, 5) is 4.68. The van der Waals surface area contributed by atoms with Gasteiger partial charge in [-0.15, -0.1) is 11.3 Å². The van der Waals surface area contributed by atoms with Gasteiger partial charge in [0.2, 0.25) is 0 Å². The number of rotatable bonds is 4. The summed E-state index contributed by atoms with van der Waals surface area (Å²) in [6.45, 7) is 2.17. The van der Waals surface area contributed by atoms with Crippen LogP contribution in [0.4, 0.5) is 5.13 Å². The second-order valence-electron chi connectivity index (χ2n) is 5.59. The molecule has 5 heteroatoms. The Morgan fingerprint density at radius 2 is 1.83 bits per heavy atom. The van der Waals surface area contributed by atoms with E-state index in [1.54, 1.807) is 11.3 Å². The van der Waals surface area contributed by atoms with Crippen molar-refractivity contribution < 1.29 is 9.47 Å². The largest absolute Gasteiger partial charge is 0.490 e. The predicted molar refractivity (Wildman–Crippen MR) is 96.9 cm³/mol. The number of fused-ring (bicyclic) bond motifs is 1. The molecular formula is C19H18N2O2S. The van der Waals surface area contributed by atoms with E-state index in [-0.39, 0.29) is 0 Å². The van der Waals surface area contributed by atoms with Crippen LogP contribution in [0.5, 0.6) is 11.5 Å². The van der Waals surface area contributed by atoms with Gasteiger partial charge >= 0.3 is 0 Å². The van der Waals surface area contributed by atoms with Crippen LogP contribution < -0.4 is 14.8 Å². The smallest absolute Gasteiger partial charge is 0.183 e. The van der Waals surface area contributed by atoms with Gasteiger partial charge in [0.15, 0.2) is 16.6 Å². The lowest BCUT2D eigenvalue weighted by Gasteiger charge is -2.08. The van der Waals surface area contributed by atoms with Crippen LogP contribution in [0.2, 0.25) is 0 Å². The van der Waals surface area contributed by atoms with Crippen LogP contribution in [0.3, 0.4) is 0 Å². The van der Waals surface area contributed by atoms with Crippen molar-refractivity contribution in [2.45, 2.75) is 13.0 Å². The summed E-state index contributed by atoms with van der Waals surface area (Å²) in [5.41, 5.74) is 3.24. The minimum atomic E-state index is 0.692. The zero-order valence-electron chi connectivity index (χ0n) is 13.2. The number of hydrogen-bond donors (Lipinski definition) is 1. The maximum absolute atomic E-state index is 5.76. The summed E-state index contributed by atoms with van der Waals surface area (Å²) in [7, 11) is 0. The van der Waals surface area contributed by atoms with E-state index in [9.17, 15) is 0 Å². The van der Waals surface area contributed by atoms with E-state index in [1.807, 2.05) is 36.4 Å². The van der Waals surface area contributed by atoms with E-state index in [0.717, 1.165) is 40.9 Å². The van der Waals surface area contributed by atoms with Crippen molar-refractivity contribution in [2.75, 3.05) is 18.5 Å². The summed E-state index contributed by atoms with van der Waals surface area (Å²) in [5, 5.41) is 6.35. The number of nitrogens with zero attached hydrogens (tertiary/aromatic N) is 1. The third-order valence-electron chi connectivity index (χ3n) is 3.83. The Labute approximate surface area is 145 Å². The maximum Gasteiger partial charge on any atom is 0.183 e. The van der Waals surface area contributed by atoms with Gasteiger partial charge in [-0.3, -0.25) is 0 Å². The minimum absolute atomic E-state index is 0.692. The second kappa shape index (κ2) is 6.93. The Bertz CT molecular complexity index is 817. The molecule has 122 valence electrons. The lowest BCUT2D eigenvalue weighted by atomic mass is 10.1. The van der Waals surface area contributed by atoms with Crippen LogP contribution in [0.1, 0.15) is 12.0 Å². The lowest BCUT2D eigenvalue weighted by molar-refractivity contribution is 0.297. The summed E-state index contributed by atoms with van der Waals surface area (Å²) in [6.07, 6.45) is 0.911. The van der Waals surface area contributed by atoms with Gasteiger partial charge < -0.3 is 14.8 Å². The minimum Gasteiger partial charge on any atom is -0.490 e. The van der Waals surface area contributed by atoms with Crippen molar-refractivity contribution in [1.82, 2.24) is 4.98 Å². The fourth-order valence-electron chi connectivity index (χ4n) is 2.58. The van der Waals surface area contributed by atoms with Gasteiger partial charge in [0.05, 0.1) is 18.9 Å². The number of aromatic nitrogens is 1. The number of ether oxygens (including phenoxy) is 2. The van der Waals surface area contributed by atoms with Crippen LogP contribution in [0, 0.1) is 0 Å². The summed E-state index contributed by atoms with van der Waals surface area (Å²) in [6, 6.07) is 16.3. The number of hydrogen-bond acceptors (Lipinski definition) is 5. The van der Waals surface area contributed by atoms with Crippen LogP contribution in [0.15, 0.2) is 53.9 Å². The molecule has 0 amide bonds. The highest BCUT2D eigenvalue weighted by atomic mass is 32.1. The molecule has 3 aromatic rings. The average Bonchev–Trinajstić information content (AvgIpc) is 2.98. The Morgan fingerprint density at radius 3 is 2.71 bits per heavy atom. The molecule has 0 unspecified atom stereocenters. The molecule has 0 bridgehead atoms. The van der Waals surface area contributed by atoms with Crippen LogP contribution in [0.25, 0.3) is 11.3 Å². The molecule has 0 saturated carbocycles. The Hall–Kier alpha value is -2.53. The zero-order valence-corrected chi connectivity index (χ0v) is 14.0. The molecular weight excluding hydrogens is 320 g/mol. The summed E-state index contributed by atoms with van der Waals surface area (Å²) in [5.74, 6) is 1.62. The van der Waals surface area contributed by atoms with E-state index in [1.165, 1.54) is 5.56 Å². The normalized spacial score (nSPS) is 13.3. The third-order valence-corrected chi connectivity index (χ3v) is 4.63. The first-order valence-corrected chi connectivity index (χ1v) is 8.90. The van der Waals surface area contributed by atoms with Gasteiger partial charge in [0, 0.05) is 23.9 Å². The highest BCUT2D eigenvalue weighted by Gasteiger charge is 2.13. The molecule has 1 aromatic heterocycles. The summed E-state index contributed by atoms with van der Waals surface area (Å²) >= 11 is 1.61. The molecule has 0 saturated heterocycles. The van der Waals surface area contributed by atoms with Crippen molar-refractivity contribution in [3.05, 3.63) is 59.5 Å². The molecule has 2 aromatic carbocycles. The first-order chi connectivity index (χ1) is 11.9. The molecule has 4 nitrogen and oxygen atoms in total. The average molecular weight is 338 g/mol. The number of anilines is 1. The molecule has 0 radical (unpaired) electrons. The van der Waals surface area contributed by atoms with Crippen LogP contribution in [-0.4, -0.2) is 18.2 Å². The molecule has 24 heavy (non-hydrogen) atoms. The molecule has 0 fully saturated rings. The van der Waals surface area contributed by atoms with Crippen molar-refractivity contribution in [2.24, 2.45) is 0 Å². The van der Waals surface area contributed by atoms with E-state index in [2.05, 4.69) is 27.8 Å². The molecule has 0 atom stereocenters. The van der Waals surface area contributed by atoms with E-state index >= 15 is 0 Å². The molecule has 0 aliphatic carbocycles. The van der Waals surface area contributed by atoms with Crippen molar-refractivity contribution in [3.63, 3.8) is 0 Å². The Morgan fingerprint density at radius 1 is 1.00 bits per heavy atom. The highest BCUT2D eigenvalue weighted by molar-refractivity contribution is 7.14. The van der Waals surface area contributed by atoms with Gasteiger partial charge in [-0.1, -0.05) is 30.3 Å². The second-order valence-corrected chi connectivity index (χ2v) is 6.45. The molecule has 2 heterocycles. The quantitative estimate of drug-likeness (QED) is 0.756. The van der Waals surface area contributed by atoms with Crippen molar-refractivity contribution in [3.8, 4) is 22.8 Å². The van der Waals surface area contributed by atoms with Crippen LogP contribution >= 0.6 is 11.3 Å². The van der Waals surface area contributed by atoms with Crippen molar-refractivity contribution >= 4 is 16.5 Å². The maximum atomic E-state index is 5.76. The summed E-state index contributed by atoms with van der Waals surface area (Å²) < 4.78 is 11.4. The van der Waals surface area contributed by atoms with Gasteiger partial charge in [-0.2, -0.15) is 0 Å². The SMILES string of the molecule is c1ccc(CNc2nc(-c3ccc4c(c3)OCCCO4)cs2)cc1. The van der Waals surface area contributed by atoms with Gasteiger partial charge in [-0.25, -0.2) is 4.98 Å². The van der Waals surface area contributed by atoms with E-state index in [0.29, 0.717) is 13.2 Å². The third kappa shape index (κ3) is 3.36. The van der Waals surface area contributed by atoms with Gasteiger partial charge in [0.25, 0.3) is 0 Å². The van der Waals surface area contributed by atoms with Crippen LogP contribution in [-0.2, 0) is 6.54 Å². The highest BCUT2D eigenvalue weighted by Crippen LogP contribution is 2.35. The number of nitrogens with one attached hydrogen (secondary N) is 1. The van der Waals surface area contributed by atoms with Gasteiger partial charge in [-0.05, 0) is 23.8 Å². The Kier molecular flexibility index (Phi) is 4.34. The first-order valence-electron chi connectivity index (χ1n) is 8.02. The fraction of sp³-hybridized carbons (Fsp3) is 0.211. The Balaban J connectivity index is 1.49. The zero-order chi connectivity index (χ0) is 16.2. The lowest BCUT2D eigenvalue weighted by Crippen LogP contribution is -1.98. The molecule has 1 N–H and O–H groups in total. The van der Waals surface area contributed by atoms with E-state index in [4.69, 9.17) is 9.47 Å². The fourth-order valence-corrected chi connectivity index (χ4v) is 3.30. The van der Waals surface area contributed by atoms with E-state index < -0.39 is 0 Å². The molecule has 4 rings (SSSR count). The number of thiazole rings is 1. The standard InChI is InChI=1S/C19H18N2O2S/c1-2-5-14(6-3-1)12-20-19-21-16(13-24-19)15-7-8-17-18(11-15)23-10-4-9-22-17/h1-3,5-8,11,13H,4,9-10,12H2,(H,20,21). The predicted octanol–water partition coefficient (Wildman–Crippen LogP) is 4.58. The van der Waals surface area contributed by atoms with Gasteiger partial charge in [0.1, 0.15) is 0 Å².